The van der Waals surface area contributed by atoms with E-state index in [0.717, 1.165) is 25.7 Å². The van der Waals surface area contributed by atoms with Gasteiger partial charge in [-0.15, -0.1) is 0 Å². The van der Waals surface area contributed by atoms with Crippen molar-refractivity contribution in [2.24, 2.45) is 5.92 Å². The largest absolute Gasteiger partial charge is 0.476 e. The van der Waals surface area contributed by atoms with Gasteiger partial charge in [-0.2, -0.15) is 4.39 Å². The second-order valence-electron chi connectivity index (χ2n) is 3.64. The summed E-state index contributed by atoms with van der Waals surface area (Å²) in [6, 6.07) is 0. The first-order valence-electron chi connectivity index (χ1n) is 4.72. The first-order valence-corrected chi connectivity index (χ1v) is 4.72. The Morgan fingerprint density at radius 3 is 2.31 bits per heavy atom. The van der Waals surface area contributed by atoms with Gasteiger partial charge in [-0.25, -0.2) is 4.79 Å². The minimum absolute atomic E-state index is 0.157. The molecular formula is C10H15FO2. The molecule has 1 rings (SSSR count). The van der Waals surface area contributed by atoms with E-state index in [9.17, 15) is 9.18 Å². The molecule has 1 saturated carbocycles. The first kappa shape index (κ1) is 10.2. The summed E-state index contributed by atoms with van der Waals surface area (Å²) in [5, 5.41) is 8.45. The molecule has 74 valence electrons. The lowest BCUT2D eigenvalue weighted by Gasteiger charge is -2.22. The molecule has 3 heteroatoms. The van der Waals surface area contributed by atoms with Crippen LogP contribution >= 0.6 is 0 Å². The van der Waals surface area contributed by atoms with Gasteiger partial charge in [0.25, 0.3) is 0 Å². The maximum atomic E-state index is 13.0. The minimum atomic E-state index is -1.43. The summed E-state index contributed by atoms with van der Waals surface area (Å²) in [6.07, 6.45) is 5.25. The van der Waals surface area contributed by atoms with Crippen molar-refractivity contribution in [1.82, 2.24) is 0 Å². The summed E-state index contributed by atoms with van der Waals surface area (Å²) in [4.78, 5) is 10.4. The second-order valence-corrected chi connectivity index (χ2v) is 3.64. The molecule has 0 bridgehead atoms. The van der Waals surface area contributed by atoms with Crippen molar-refractivity contribution in [1.29, 1.82) is 0 Å². The highest BCUT2D eigenvalue weighted by molar-refractivity contribution is 5.84. The van der Waals surface area contributed by atoms with E-state index in [4.69, 9.17) is 5.11 Å². The van der Waals surface area contributed by atoms with Crippen LogP contribution < -0.4 is 0 Å². The Morgan fingerprint density at radius 1 is 1.31 bits per heavy atom. The Bertz CT molecular complexity index is 227. The van der Waals surface area contributed by atoms with Gasteiger partial charge in [0.15, 0.2) is 0 Å². The van der Waals surface area contributed by atoms with E-state index >= 15 is 0 Å². The van der Waals surface area contributed by atoms with Crippen molar-refractivity contribution < 1.29 is 14.3 Å². The quantitative estimate of drug-likeness (QED) is 0.673. The molecule has 1 N–H and O–H groups in total. The van der Waals surface area contributed by atoms with Crippen molar-refractivity contribution in [3.63, 3.8) is 0 Å². The standard InChI is InChI=1S/C10H15FO2/c1-7(9(11)10(12)13)8-5-3-2-4-6-8/h8H,2-6H2,1H3,(H,12,13)/b9-7-. The molecule has 0 heterocycles. The number of carbonyl (C=O) groups is 1. The zero-order valence-electron chi connectivity index (χ0n) is 7.85. The molecular weight excluding hydrogens is 171 g/mol. The molecule has 1 aliphatic rings. The van der Waals surface area contributed by atoms with Gasteiger partial charge in [-0.05, 0) is 31.3 Å². The third-order valence-corrected chi connectivity index (χ3v) is 2.75. The molecule has 0 aliphatic heterocycles. The third kappa shape index (κ3) is 2.54. The van der Waals surface area contributed by atoms with E-state index in [0.29, 0.717) is 5.57 Å². The second kappa shape index (κ2) is 4.40. The Labute approximate surface area is 77.4 Å². The zero-order valence-corrected chi connectivity index (χ0v) is 7.85. The van der Waals surface area contributed by atoms with E-state index in [1.807, 2.05) is 0 Å². The van der Waals surface area contributed by atoms with Crippen LogP contribution in [0.15, 0.2) is 11.4 Å². The molecule has 0 spiro atoms. The fourth-order valence-corrected chi connectivity index (χ4v) is 1.88. The lowest BCUT2D eigenvalue weighted by atomic mass is 9.84. The molecule has 0 aromatic heterocycles. The molecule has 0 saturated heterocycles. The maximum Gasteiger partial charge on any atom is 0.364 e. The Kier molecular flexibility index (Phi) is 3.46. The van der Waals surface area contributed by atoms with Gasteiger partial charge in [-0.3, -0.25) is 0 Å². The number of hydrogen-bond acceptors (Lipinski definition) is 1. The predicted octanol–water partition coefficient (Wildman–Crippen LogP) is 2.89. The Morgan fingerprint density at radius 2 is 1.85 bits per heavy atom. The highest BCUT2D eigenvalue weighted by atomic mass is 19.1. The smallest absolute Gasteiger partial charge is 0.364 e. The Hall–Kier alpha value is -0.860. The molecule has 0 aromatic rings. The van der Waals surface area contributed by atoms with Crippen molar-refractivity contribution in [3.05, 3.63) is 11.4 Å². The summed E-state index contributed by atoms with van der Waals surface area (Å²) >= 11 is 0. The van der Waals surface area contributed by atoms with Crippen LogP contribution in [0.4, 0.5) is 4.39 Å². The molecule has 0 unspecified atom stereocenters. The maximum absolute atomic E-state index is 13.0. The number of carboxylic acids is 1. The van der Waals surface area contributed by atoms with E-state index < -0.39 is 11.8 Å². The topological polar surface area (TPSA) is 37.3 Å². The third-order valence-electron chi connectivity index (χ3n) is 2.75. The summed E-state index contributed by atoms with van der Waals surface area (Å²) in [5.74, 6) is -2.22. The summed E-state index contributed by atoms with van der Waals surface area (Å²) in [6.45, 7) is 1.60. The number of allylic oxidation sites excluding steroid dienone is 1. The van der Waals surface area contributed by atoms with E-state index in [2.05, 4.69) is 0 Å². The van der Waals surface area contributed by atoms with Crippen molar-refractivity contribution in [2.75, 3.05) is 0 Å². The fourth-order valence-electron chi connectivity index (χ4n) is 1.88. The molecule has 2 nitrogen and oxygen atoms in total. The molecule has 1 aliphatic carbocycles. The normalized spacial score (nSPS) is 21.1. The highest BCUT2D eigenvalue weighted by Crippen LogP contribution is 2.31. The molecule has 0 atom stereocenters. The summed E-state index contributed by atoms with van der Waals surface area (Å²) in [5.41, 5.74) is 0.423. The van der Waals surface area contributed by atoms with Crippen LogP contribution in [0.5, 0.6) is 0 Å². The summed E-state index contributed by atoms with van der Waals surface area (Å²) in [7, 11) is 0. The van der Waals surface area contributed by atoms with E-state index in [-0.39, 0.29) is 5.92 Å². The molecule has 13 heavy (non-hydrogen) atoms. The van der Waals surface area contributed by atoms with Gasteiger partial charge in [0.2, 0.25) is 5.83 Å². The molecule has 0 amide bonds. The van der Waals surface area contributed by atoms with Gasteiger partial charge in [-0.1, -0.05) is 19.3 Å². The number of aliphatic carboxylic acids is 1. The number of carboxylic acid groups (broad SMARTS) is 1. The lowest BCUT2D eigenvalue weighted by Crippen LogP contribution is -2.11. The van der Waals surface area contributed by atoms with Gasteiger partial charge < -0.3 is 5.11 Å². The van der Waals surface area contributed by atoms with Crippen LogP contribution in [-0.4, -0.2) is 11.1 Å². The van der Waals surface area contributed by atoms with Gasteiger partial charge in [0.1, 0.15) is 0 Å². The van der Waals surface area contributed by atoms with Gasteiger partial charge in [0.05, 0.1) is 0 Å². The molecule has 1 fully saturated rings. The van der Waals surface area contributed by atoms with E-state index in [1.54, 1.807) is 6.92 Å². The number of hydrogen-bond donors (Lipinski definition) is 1. The van der Waals surface area contributed by atoms with Gasteiger partial charge >= 0.3 is 5.97 Å². The first-order chi connectivity index (χ1) is 6.13. The SMILES string of the molecule is C/C(=C(/F)C(=O)O)C1CCCCC1. The fraction of sp³-hybridized carbons (Fsp3) is 0.700. The van der Waals surface area contributed by atoms with Crippen molar-refractivity contribution in [2.45, 2.75) is 39.0 Å². The number of halogens is 1. The van der Waals surface area contributed by atoms with Crippen LogP contribution in [0.2, 0.25) is 0 Å². The summed E-state index contributed by atoms with van der Waals surface area (Å²) < 4.78 is 13.0. The van der Waals surface area contributed by atoms with Gasteiger partial charge in [0, 0.05) is 0 Å². The number of rotatable bonds is 2. The van der Waals surface area contributed by atoms with Crippen LogP contribution in [0.25, 0.3) is 0 Å². The van der Waals surface area contributed by atoms with Crippen LogP contribution in [0, 0.1) is 5.92 Å². The van der Waals surface area contributed by atoms with Crippen LogP contribution in [0.1, 0.15) is 39.0 Å². The zero-order chi connectivity index (χ0) is 9.84. The average molecular weight is 186 g/mol. The van der Waals surface area contributed by atoms with Crippen molar-refractivity contribution >= 4 is 5.97 Å². The molecule has 0 aromatic carbocycles. The minimum Gasteiger partial charge on any atom is -0.476 e. The lowest BCUT2D eigenvalue weighted by molar-refractivity contribution is -0.134. The molecule has 0 radical (unpaired) electrons. The van der Waals surface area contributed by atoms with Crippen LogP contribution in [-0.2, 0) is 4.79 Å². The Balaban J connectivity index is 2.68. The van der Waals surface area contributed by atoms with Crippen molar-refractivity contribution in [3.8, 4) is 0 Å². The predicted molar refractivity (Wildman–Crippen MR) is 48.0 cm³/mol. The highest BCUT2D eigenvalue weighted by Gasteiger charge is 2.20. The van der Waals surface area contributed by atoms with Crippen LogP contribution in [0.3, 0.4) is 0 Å². The monoisotopic (exact) mass is 186 g/mol. The van der Waals surface area contributed by atoms with E-state index in [1.165, 1.54) is 6.42 Å². The average Bonchev–Trinajstić information content (AvgIpc) is 2.17.